The second-order valence-electron chi connectivity index (χ2n) is 5.44. The molecule has 2 aromatic rings. The van der Waals surface area contributed by atoms with Crippen LogP contribution in [-0.2, 0) is 6.54 Å². The number of nitrogens with zero attached hydrogens (tertiary/aromatic N) is 1. The van der Waals surface area contributed by atoms with Crippen molar-refractivity contribution in [3.8, 4) is 0 Å². The molecule has 1 aromatic carbocycles. The van der Waals surface area contributed by atoms with Crippen LogP contribution in [0.4, 0.5) is 5.69 Å². The van der Waals surface area contributed by atoms with Crippen molar-refractivity contribution in [1.29, 1.82) is 0 Å². The SMILES string of the molecule is CCNCc1ccccc1NC(=O)c1cc(Br)cn1C(C)C. The van der Waals surface area contributed by atoms with Gasteiger partial charge in [0.05, 0.1) is 0 Å². The first kappa shape index (κ1) is 16.8. The normalized spacial score (nSPS) is 11.0. The van der Waals surface area contributed by atoms with E-state index in [1.807, 2.05) is 41.1 Å². The van der Waals surface area contributed by atoms with Crippen molar-refractivity contribution in [2.75, 3.05) is 11.9 Å². The average molecular weight is 364 g/mol. The number of hydrogen-bond donors (Lipinski definition) is 2. The summed E-state index contributed by atoms with van der Waals surface area (Å²) < 4.78 is 2.87. The largest absolute Gasteiger partial charge is 0.340 e. The maximum Gasteiger partial charge on any atom is 0.272 e. The molecule has 0 aliphatic rings. The maximum atomic E-state index is 12.6. The number of nitrogens with one attached hydrogen (secondary N) is 2. The molecule has 4 nitrogen and oxygen atoms in total. The van der Waals surface area contributed by atoms with E-state index in [1.54, 1.807) is 0 Å². The molecule has 22 heavy (non-hydrogen) atoms. The van der Waals surface area contributed by atoms with Crippen LogP contribution in [-0.4, -0.2) is 17.0 Å². The lowest BCUT2D eigenvalue weighted by Crippen LogP contribution is -2.20. The van der Waals surface area contributed by atoms with Crippen LogP contribution < -0.4 is 10.6 Å². The molecule has 0 fully saturated rings. The number of anilines is 1. The number of hydrogen-bond acceptors (Lipinski definition) is 2. The zero-order chi connectivity index (χ0) is 16.1. The number of amides is 1. The highest BCUT2D eigenvalue weighted by Gasteiger charge is 2.16. The van der Waals surface area contributed by atoms with E-state index in [-0.39, 0.29) is 11.9 Å². The Labute approximate surface area is 140 Å². The van der Waals surface area contributed by atoms with Crippen molar-refractivity contribution in [2.24, 2.45) is 0 Å². The summed E-state index contributed by atoms with van der Waals surface area (Å²) >= 11 is 3.44. The second kappa shape index (κ2) is 7.61. The lowest BCUT2D eigenvalue weighted by atomic mass is 10.1. The highest BCUT2D eigenvalue weighted by atomic mass is 79.9. The Hall–Kier alpha value is -1.59. The number of para-hydroxylation sites is 1. The molecule has 118 valence electrons. The third kappa shape index (κ3) is 3.99. The van der Waals surface area contributed by atoms with Gasteiger partial charge in [-0.05, 0) is 54.0 Å². The van der Waals surface area contributed by atoms with Gasteiger partial charge in [-0.25, -0.2) is 0 Å². The van der Waals surface area contributed by atoms with E-state index in [1.165, 1.54) is 0 Å². The molecule has 0 aliphatic heterocycles. The Morgan fingerprint density at radius 3 is 2.73 bits per heavy atom. The molecule has 0 aliphatic carbocycles. The summed E-state index contributed by atoms with van der Waals surface area (Å²) in [6, 6.07) is 9.95. The summed E-state index contributed by atoms with van der Waals surface area (Å²) in [5, 5.41) is 6.31. The Morgan fingerprint density at radius 2 is 2.05 bits per heavy atom. The first-order valence-electron chi connectivity index (χ1n) is 7.50. The Kier molecular flexibility index (Phi) is 5.80. The summed E-state index contributed by atoms with van der Waals surface area (Å²) in [4.78, 5) is 12.6. The van der Waals surface area contributed by atoms with Gasteiger partial charge >= 0.3 is 0 Å². The minimum atomic E-state index is -0.0941. The fourth-order valence-electron chi connectivity index (χ4n) is 2.30. The molecule has 0 unspecified atom stereocenters. The Morgan fingerprint density at radius 1 is 1.32 bits per heavy atom. The van der Waals surface area contributed by atoms with E-state index in [9.17, 15) is 4.79 Å². The molecule has 2 N–H and O–H groups in total. The van der Waals surface area contributed by atoms with Crippen molar-refractivity contribution in [1.82, 2.24) is 9.88 Å². The van der Waals surface area contributed by atoms with Gasteiger partial charge in [-0.15, -0.1) is 0 Å². The van der Waals surface area contributed by atoms with E-state index in [0.717, 1.165) is 28.8 Å². The van der Waals surface area contributed by atoms with Crippen LogP contribution in [0.1, 0.15) is 42.9 Å². The molecule has 0 spiro atoms. The van der Waals surface area contributed by atoms with Crippen LogP contribution >= 0.6 is 15.9 Å². The van der Waals surface area contributed by atoms with Crippen molar-refractivity contribution in [3.63, 3.8) is 0 Å². The van der Waals surface area contributed by atoms with Gasteiger partial charge in [-0.1, -0.05) is 25.1 Å². The lowest BCUT2D eigenvalue weighted by molar-refractivity contribution is 0.101. The minimum absolute atomic E-state index is 0.0941. The third-order valence-electron chi connectivity index (χ3n) is 3.44. The number of rotatable bonds is 6. The maximum absolute atomic E-state index is 12.6. The van der Waals surface area contributed by atoms with Gasteiger partial charge in [0, 0.05) is 28.9 Å². The zero-order valence-corrected chi connectivity index (χ0v) is 14.8. The summed E-state index contributed by atoms with van der Waals surface area (Å²) in [6.45, 7) is 7.81. The van der Waals surface area contributed by atoms with Gasteiger partial charge < -0.3 is 15.2 Å². The molecule has 5 heteroatoms. The first-order chi connectivity index (χ1) is 10.5. The predicted octanol–water partition coefficient (Wildman–Crippen LogP) is 4.19. The topological polar surface area (TPSA) is 46.1 Å². The third-order valence-corrected chi connectivity index (χ3v) is 3.87. The van der Waals surface area contributed by atoms with Crippen LogP contribution in [0.15, 0.2) is 41.0 Å². The van der Waals surface area contributed by atoms with E-state index in [0.29, 0.717) is 5.69 Å². The summed E-state index contributed by atoms with van der Waals surface area (Å²) in [6.07, 6.45) is 1.93. The fourth-order valence-corrected chi connectivity index (χ4v) is 2.73. The predicted molar refractivity (Wildman–Crippen MR) is 94.3 cm³/mol. The smallest absolute Gasteiger partial charge is 0.272 e. The molecule has 1 amide bonds. The summed E-state index contributed by atoms with van der Waals surface area (Å²) in [5.74, 6) is -0.0941. The van der Waals surface area contributed by atoms with Gasteiger partial charge in [0.25, 0.3) is 5.91 Å². The summed E-state index contributed by atoms with van der Waals surface area (Å²) in [7, 11) is 0. The minimum Gasteiger partial charge on any atom is -0.340 e. The average Bonchev–Trinajstić information content (AvgIpc) is 2.89. The van der Waals surface area contributed by atoms with Crippen LogP contribution in [0.2, 0.25) is 0 Å². The number of benzene rings is 1. The van der Waals surface area contributed by atoms with Crippen LogP contribution in [0.25, 0.3) is 0 Å². The molecule has 1 heterocycles. The molecule has 0 saturated carbocycles. The quantitative estimate of drug-likeness (QED) is 0.807. The highest BCUT2D eigenvalue weighted by molar-refractivity contribution is 9.10. The van der Waals surface area contributed by atoms with Crippen molar-refractivity contribution < 1.29 is 4.79 Å². The second-order valence-corrected chi connectivity index (χ2v) is 6.35. The fraction of sp³-hybridized carbons (Fsp3) is 0.353. The molecular weight excluding hydrogens is 342 g/mol. The monoisotopic (exact) mass is 363 g/mol. The first-order valence-corrected chi connectivity index (χ1v) is 8.29. The molecule has 0 atom stereocenters. The van der Waals surface area contributed by atoms with Crippen LogP contribution in [0, 0.1) is 0 Å². The molecule has 1 aromatic heterocycles. The van der Waals surface area contributed by atoms with Gasteiger partial charge in [-0.2, -0.15) is 0 Å². The summed E-state index contributed by atoms with van der Waals surface area (Å²) in [5.41, 5.74) is 2.58. The molecule has 2 rings (SSSR count). The van der Waals surface area contributed by atoms with Crippen LogP contribution in [0.5, 0.6) is 0 Å². The van der Waals surface area contributed by atoms with Crippen molar-refractivity contribution >= 4 is 27.5 Å². The van der Waals surface area contributed by atoms with Crippen molar-refractivity contribution in [2.45, 2.75) is 33.4 Å². The molecular formula is C17H22BrN3O. The van der Waals surface area contributed by atoms with E-state index >= 15 is 0 Å². The standard InChI is InChI=1S/C17H22BrN3O/c1-4-19-10-13-7-5-6-8-15(13)20-17(22)16-9-14(18)11-21(16)12(2)3/h5-9,11-12,19H,4,10H2,1-3H3,(H,20,22). The zero-order valence-electron chi connectivity index (χ0n) is 13.2. The Balaban J connectivity index is 2.22. The Bertz CT molecular complexity index is 649. The number of aromatic nitrogens is 1. The van der Waals surface area contributed by atoms with Gasteiger partial charge in [-0.3, -0.25) is 4.79 Å². The molecule has 0 saturated heterocycles. The number of carbonyl (C=O) groups excluding carboxylic acids is 1. The van der Waals surface area contributed by atoms with Gasteiger partial charge in [0.1, 0.15) is 5.69 Å². The number of halogens is 1. The molecule has 0 bridgehead atoms. The van der Waals surface area contributed by atoms with E-state index < -0.39 is 0 Å². The molecule has 0 radical (unpaired) electrons. The van der Waals surface area contributed by atoms with Gasteiger partial charge in [0.15, 0.2) is 0 Å². The van der Waals surface area contributed by atoms with E-state index in [4.69, 9.17) is 0 Å². The van der Waals surface area contributed by atoms with Gasteiger partial charge in [0.2, 0.25) is 0 Å². The lowest BCUT2D eigenvalue weighted by Gasteiger charge is -2.14. The van der Waals surface area contributed by atoms with E-state index in [2.05, 4.69) is 47.3 Å². The number of carbonyl (C=O) groups is 1. The highest BCUT2D eigenvalue weighted by Crippen LogP contribution is 2.22. The van der Waals surface area contributed by atoms with Crippen LogP contribution in [0.3, 0.4) is 0 Å². The van der Waals surface area contributed by atoms with Crippen molar-refractivity contribution in [3.05, 3.63) is 52.3 Å².